The van der Waals surface area contributed by atoms with Gasteiger partial charge in [-0.15, -0.1) is 0 Å². The number of carbonyl (C=O) groups excluding carboxylic acids is 2. The van der Waals surface area contributed by atoms with Crippen molar-refractivity contribution in [1.29, 1.82) is 0 Å². The molecule has 5 N–H and O–H groups in total. The van der Waals surface area contributed by atoms with Crippen molar-refractivity contribution in [3.8, 4) is 5.88 Å². The van der Waals surface area contributed by atoms with Crippen molar-refractivity contribution in [2.75, 3.05) is 5.32 Å². The summed E-state index contributed by atoms with van der Waals surface area (Å²) in [6.45, 7) is 5.93. The van der Waals surface area contributed by atoms with E-state index in [9.17, 15) is 24.3 Å². The fourth-order valence-corrected chi connectivity index (χ4v) is 5.05. The molecule has 0 radical (unpaired) electrons. The van der Waals surface area contributed by atoms with Gasteiger partial charge >= 0.3 is 5.69 Å². The Bertz CT molecular complexity index is 1530. The van der Waals surface area contributed by atoms with Crippen LogP contribution < -0.4 is 21.9 Å². The summed E-state index contributed by atoms with van der Waals surface area (Å²) in [6.07, 6.45) is -0.126. The van der Waals surface area contributed by atoms with E-state index in [2.05, 4.69) is 25.6 Å². The molecule has 38 heavy (non-hydrogen) atoms. The monoisotopic (exact) mass is 555 g/mol. The molecule has 198 valence electrons. The number of H-pyrrole nitrogens is 2. The summed E-state index contributed by atoms with van der Waals surface area (Å²) in [7, 11) is 0. The molecule has 0 aliphatic carbocycles. The molecule has 0 spiro atoms. The second-order valence-electron chi connectivity index (χ2n) is 9.14. The van der Waals surface area contributed by atoms with Crippen molar-refractivity contribution < 1.29 is 14.7 Å². The van der Waals surface area contributed by atoms with Crippen LogP contribution in [0, 0.1) is 6.92 Å². The van der Waals surface area contributed by atoms with E-state index >= 15 is 0 Å². The number of hydrogen-bond acceptors (Lipinski definition) is 7. The predicted molar refractivity (Wildman–Crippen MR) is 148 cm³/mol. The first-order chi connectivity index (χ1) is 18.0. The molecule has 2 unspecified atom stereocenters. The van der Waals surface area contributed by atoms with Gasteiger partial charge in [0.25, 0.3) is 5.56 Å². The van der Waals surface area contributed by atoms with E-state index < -0.39 is 34.3 Å². The van der Waals surface area contributed by atoms with Gasteiger partial charge in [0.1, 0.15) is 16.9 Å². The fourth-order valence-electron chi connectivity index (χ4n) is 3.88. The van der Waals surface area contributed by atoms with Crippen LogP contribution in [0.1, 0.15) is 54.5 Å². The first kappa shape index (κ1) is 27.2. The van der Waals surface area contributed by atoms with Crippen LogP contribution in [-0.4, -0.2) is 37.3 Å². The Morgan fingerprint density at radius 2 is 1.79 bits per heavy atom. The highest BCUT2D eigenvalue weighted by atomic mass is 35.5. The molecule has 4 rings (SSSR count). The lowest BCUT2D eigenvalue weighted by Crippen LogP contribution is -2.29. The predicted octanol–water partition coefficient (Wildman–Crippen LogP) is 3.56. The second-order valence-corrected chi connectivity index (χ2v) is 10.7. The average Bonchev–Trinajstić information content (AvgIpc) is 3.18. The number of thioether (sulfide) groups is 1. The molecule has 2 amide bonds. The highest BCUT2D eigenvalue weighted by molar-refractivity contribution is 8.15. The Labute approximate surface area is 226 Å². The number of hydrogen-bond donors (Lipinski definition) is 5. The summed E-state index contributed by atoms with van der Waals surface area (Å²) in [5, 5.41) is 15.7. The van der Waals surface area contributed by atoms with E-state index in [1.165, 1.54) is 0 Å². The normalized spacial score (nSPS) is 17.0. The number of aromatic hydroxyl groups is 1. The fraction of sp³-hybridized carbons (Fsp3) is 0.269. The lowest BCUT2D eigenvalue weighted by atomic mass is 9.96. The first-order valence-corrected chi connectivity index (χ1v) is 13.0. The summed E-state index contributed by atoms with van der Waals surface area (Å²) in [6, 6.07) is 11.4. The van der Waals surface area contributed by atoms with Gasteiger partial charge in [-0.3, -0.25) is 24.4 Å². The van der Waals surface area contributed by atoms with Crippen molar-refractivity contribution in [3.05, 3.63) is 90.6 Å². The second kappa shape index (κ2) is 11.3. The molecule has 2 aromatic carbocycles. The van der Waals surface area contributed by atoms with Gasteiger partial charge < -0.3 is 15.7 Å². The van der Waals surface area contributed by atoms with Crippen LogP contribution >= 0.6 is 23.4 Å². The summed E-state index contributed by atoms with van der Waals surface area (Å²) in [5.41, 5.74) is 1.16. The van der Waals surface area contributed by atoms with Crippen LogP contribution in [0.2, 0.25) is 5.02 Å². The third kappa shape index (κ3) is 6.17. The van der Waals surface area contributed by atoms with Crippen molar-refractivity contribution in [1.82, 2.24) is 15.3 Å². The molecule has 1 aliphatic heterocycles. The molecule has 10 nitrogen and oxygen atoms in total. The number of benzene rings is 2. The van der Waals surface area contributed by atoms with Crippen molar-refractivity contribution in [2.45, 2.75) is 44.4 Å². The van der Waals surface area contributed by atoms with Crippen LogP contribution in [-0.2, 0) is 9.59 Å². The van der Waals surface area contributed by atoms with Gasteiger partial charge in [0.2, 0.25) is 17.7 Å². The molecule has 0 bridgehead atoms. The smallest absolute Gasteiger partial charge is 0.328 e. The number of aromatic amines is 2. The largest absolute Gasteiger partial charge is 0.494 e. The summed E-state index contributed by atoms with van der Waals surface area (Å²) in [5.74, 6) is -1.15. The van der Waals surface area contributed by atoms with Gasteiger partial charge in [-0.2, -0.15) is 0 Å². The van der Waals surface area contributed by atoms with Gasteiger partial charge in [-0.25, -0.2) is 9.79 Å². The van der Waals surface area contributed by atoms with Gasteiger partial charge in [0, 0.05) is 17.1 Å². The lowest BCUT2D eigenvalue weighted by molar-refractivity contribution is -0.122. The first-order valence-electron chi connectivity index (χ1n) is 11.8. The number of rotatable bonds is 7. The maximum absolute atomic E-state index is 12.7. The maximum atomic E-state index is 12.7. The Hall–Kier alpha value is -3.83. The number of anilines is 1. The zero-order valence-corrected chi connectivity index (χ0v) is 22.4. The van der Waals surface area contributed by atoms with Gasteiger partial charge in [-0.1, -0.05) is 67.5 Å². The number of halogens is 1. The van der Waals surface area contributed by atoms with Gasteiger partial charge in [0.15, 0.2) is 5.17 Å². The van der Waals surface area contributed by atoms with E-state index in [0.29, 0.717) is 16.3 Å². The molecule has 2 heterocycles. The topological polar surface area (TPSA) is 157 Å². The van der Waals surface area contributed by atoms with Crippen LogP contribution in [0.25, 0.3) is 0 Å². The van der Waals surface area contributed by atoms with Crippen LogP contribution in [0.3, 0.4) is 0 Å². The minimum atomic E-state index is -1.04. The Kier molecular flexibility index (Phi) is 8.08. The molecule has 1 saturated heterocycles. The highest BCUT2D eigenvalue weighted by Crippen LogP contribution is 2.32. The minimum absolute atomic E-state index is 0.126. The number of amides is 2. The quantitative estimate of drug-likeness (QED) is 0.300. The van der Waals surface area contributed by atoms with Crippen LogP contribution in [0.4, 0.5) is 5.69 Å². The molecular weight excluding hydrogens is 530 g/mol. The molecule has 3 aromatic rings. The number of nitrogens with one attached hydrogen (secondary N) is 4. The third-order valence-corrected chi connectivity index (χ3v) is 7.50. The van der Waals surface area contributed by atoms with Crippen molar-refractivity contribution in [3.63, 3.8) is 0 Å². The molecular formula is C26H26ClN5O5S. The van der Waals surface area contributed by atoms with Crippen LogP contribution in [0.5, 0.6) is 5.88 Å². The zero-order valence-electron chi connectivity index (χ0n) is 20.8. The van der Waals surface area contributed by atoms with E-state index in [4.69, 9.17) is 11.6 Å². The Morgan fingerprint density at radius 1 is 1.11 bits per heavy atom. The molecule has 1 aliphatic rings. The summed E-state index contributed by atoms with van der Waals surface area (Å²) in [4.78, 5) is 58.4. The number of aliphatic imine (C=N–C) groups is 1. The number of aromatic nitrogens is 2. The van der Waals surface area contributed by atoms with E-state index in [-0.39, 0.29) is 29.0 Å². The molecule has 0 saturated carbocycles. The summed E-state index contributed by atoms with van der Waals surface area (Å²) < 4.78 is 0. The van der Waals surface area contributed by atoms with E-state index in [1.54, 1.807) is 30.3 Å². The zero-order chi connectivity index (χ0) is 27.6. The number of aryl methyl sites for hydroxylation is 1. The van der Waals surface area contributed by atoms with Crippen molar-refractivity contribution >= 4 is 46.0 Å². The van der Waals surface area contributed by atoms with Crippen molar-refractivity contribution in [2.24, 2.45) is 4.99 Å². The standard InChI is InChI=1S/C26H26ClN5O5S/c1-12(2)14-5-7-15(8-6-14)21(20-23(35)30-25(37)31-24(20)36)29-26-32-22(34)18(38-26)11-19(33)28-16-9-4-13(3)17(27)10-16/h4-10,12,18,21H,11H2,1-3H3,(H,28,33)(H,29,32,34)(H3,30,31,35,36,37). The number of amidine groups is 1. The van der Waals surface area contributed by atoms with Gasteiger partial charge in [-0.05, 0) is 41.7 Å². The molecule has 1 aromatic heterocycles. The van der Waals surface area contributed by atoms with E-state index in [0.717, 1.165) is 22.9 Å². The molecule has 1 fully saturated rings. The number of carbonyl (C=O) groups is 2. The third-order valence-electron chi connectivity index (χ3n) is 6.00. The molecule has 2 atom stereocenters. The lowest BCUT2D eigenvalue weighted by Gasteiger charge is -2.15. The minimum Gasteiger partial charge on any atom is -0.494 e. The summed E-state index contributed by atoms with van der Waals surface area (Å²) >= 11 is 7.16. The Morgan fingerprint density at radius 3 is 2.42 bits per heavy atom. The highest BCUT2D eigenvalue weighted by Gasteiger charge is 2.34. The molecule has 12 heteroatoms. The van der Waals surface area contributed by atoms with Crippen LogP contribution in [0.15, 0.2) is 57.0 Å². The maximum Gasteiger partial charge on any atom is 0.328 e. The SMILES string of the molecule is Cc1ccc(NC(=O)CC2SC(=NC(c3ccc(C(C)C)cc3)c3c(O)[nH]c(=O)[nH]c3=O)NC2=O)cc1Cl. The number of nitrogens with zero attached hydrogens (tertiary/aromatic N) is 1. The average molecular weight is 556 g/mol. The Balaban J connectivity index is 1.59. The van der Waals surface area contributed by atoms with E-state index in [1.807, 2.05) is 32.9 Å². The van der Waals surface area contributed by atoms with Gasteiger partial charge in [0.05, 0.1) is 0 Å².